The zero-order valence-electron chi connectivity index (χ0n) is 11.9. The van der Waals surface area contributed by atoms with Gasteiger partial charge in [0.15, 0.2) is 0 Å². The summed E-state index contributed by atoms with van der Waals surface area (Å²) in [4.78, 5) is 11.4. The van der Waals surface area contributed by atoms with E-state index in [0.717, 1.165) is 17.5 Å². The first-order chi connectivity index (χ1) is 8.90. The van der Waals surface area contributed by atoms with Gasteiger partial charge in [0.25, 0.3) is 0 Å². The molecule has 0 aliphatic rings. The zero-order valence-corrected chi connectivity index (χ0v) is 11.9. The molecular formula is C15H23NO3. The topological polar surface area (TPSA) is 58.6 Å². The number of carbonyl (C=O) groups is 1. The first-order valence-electron chi connectivity index (χ1n) is 6.56. The third-order valence-electron chi connectivity index (χ3n) is 2.51. The van der Waals surface area contributed by atoms with Crippen LogP contribution in [-0.2, 0) is 17.6 Å². The molecule has 19 heavy (non-hydrogen) atoms. The highest BCUT2D eigenvalue weighted by molar-refractivity contribution is 5.67. The van der Waals surface area contributed by atoms with Gasteiger partial charge in [0.05, 0.1) is 0 Å². The number of benzene rings is 1. The van der Waals surface area contributed by atoms with Crippen LogP contribution < -0.4 is 5.32 Å². The van der Waals surface area contributed by atoms with Gasteiger partial charge in [-0.1, -0.05) is 24.3 Å². The Hall–Kier alpha value is -1.55. The molecule has 106 valence electrons. The highest BCUT2D eigenvalue weighted by atomic mass is 16.6. The molecule has 0 atom stereocenters. The summed E-state index contributed by atoms with van der Waals surface area (Å²) in [5, 5.41) is 11.5. The van der Waals surface area contributed by atoms with Crippen LogP contribution in [0.3, 0.4) is 0 Å². The molecule has 0 heterocycles. The minimum absolute atomic E-state index is 0.166. The number of carbonyl (C=O) groups excluding carboxylic acids is 1. The first-order valence-corrected chi connectivity index (χ1v) is 6.56. The lowest BCUT2D eigenvalue weighted by molar-refractivity contribution is 0.0528. The van der Waals surface area contributed by atoms with Crippen molar-refractivity contribution in [3.8, 4) is 0 Å². The molecular weight excluding hydrogens is 242 g/mol. The maximum absolute atomic E-state index is 11.4. The smallest absolute Gasteiger partial charge is 0.407 e. The first kappa shape index (κ1) is 15.5. The third kappa shape index (κ3) is 6.82. The van der Waals surface area contributed by atoms with Crippen LogP contribution in [0.25, 0.3) is 0 Å². The largest absolute Gasteiger partial charge is 0.444 e. The maximum Gasteiger partial charge on any atom is 0.407 e. The van der Waals surface area contributed by atoms with Crippen molar-refractivity contribution in [3.63, 3.8) is 0 Å². The van der Waals surface area contributed by atoms with Gasteiger partial charge in [0.2, 0.25) is 0 Å². The molecule has 0 saturated heterocycles. The van der Waals surface area contributed by atoms with E-state index in [0.29, 0.717) is 13.0 Å². The summed E-state index contributed by atoms with van der Waals surface area (Å²) in [6.45, 7) is 6.24. The predicted octanol–water partition coefficient (Wildman–Crippen LogP) is 2.29. The summed E-state index contributed by atoms with van der Waals surface area (Å²) in [6, 6.07) is 8.03. The molecule has 0 fully saturated rings. The lowest BCUT2D eigenvalue weighted by Gasteiger charge is -2.19. The number of aliphatic hydroxyl groups is 1. The Labute approximate surface area is 114 Å². The van der Waals surface area contributed by atoms with E-state index in [1.807, 2.05) is 45.0 Å². The van der Waals surface area contributed by atoms with Gasteiger partial charge in [-0.15, -0.1) is 0 Å². The number of hydrogen-bond donors (Lipinski definition) is 2. The average Bonchev–Trinajstić information content (AvgIpc) is 2.29. The Morgan fingerprint density at radius 2 is 1.68 bits per heavy atom. The van der Waals surface area contributed by atoms with Crippen LogP contribution in [0.4, 0.5) is 4.79 Å². The van der Waals surface area contributed by atoms with Gasteiger partial charge in [-0.2, -0.15) is 0 Å². The van der Waals surface area contributed by atoms with Crippen molar-refractivity contribution in [1.29, 1.82) is 0 Å². The summed E-state index contributed by atoms with van der Waals surface area (Å²) < 4.78 is 5.15. The van der Waals surface area contributed by atoms with Crippen molar-refractivity contribution in [2.24, 2.45) is 0 Å². The zero-order chi connectivity index (χ0) is 14.3. The van der Waals surface area contributed by atoms with Crippen LogP contribution in [0.2, 0.25) is 0 Å². The van der Waals surface area contributed by atoms with Crippen LogP contribution in [0.15, 0.2) is 24.3 Å². The quantitative estimate of drug-likeness (QED) is 0.858. The molecule has 0 spiro atoms. The summed E-state index contributed by atoms with van der Waals surface area (Å²) in [5.41, 5.74) is 1.81. The number of aliphatic hydroxyl groups excluding tert-OH is 1. The van der Waals surface area contributed by atoms with Gasteiger partial charge >= 0.3 is 6.09 Å². The van der Waals surface area contributed by atoms with E-state index < -0.39 is 5.60 Å². The highest BCUT2D eigenvalue weighted by Gasteiger charge is 2.15. The predicted molar refractivity (Wildman–Crippen MR) is 75.2 cm³/mol. The molecule has 0 saturated carbocycles. The Bertz CT molecular complexity index is 393. The van der Waals surface area contributed by atoms with E-state index in [4.69, 9.17) is 9.84 Å². The van der Waals surface area contributed by atoms with Gasteiger partial charge in [0, 0.05) is 13.2 Å². The Morgan fingerprint density at radius 1 is 1.16 bits per heavy atom. The fraction of sp³-hybridized carbons (Fsp3) is 0.533. The number of ether oxygens (including phenoxy) is 1. The number of nitrogens with one attached hydrogen (secondary N) is 1. The van der Waals surface area contributed by atoms with Gasteiger partial charge in [-0.05, 0) is 44.7 Å². The van der Waals surface area contributed by atoms with Crippen LogP contribution in [0, 0.1) is 0 Å². The second-order valence-electron chi connectivity index (χ2n) is 5.47. The molecule has 0 aliphatic carbocycles. The van der Waals surface area contributed by atoms with Crippen molar-refractivity contribution < 1.29 is 14.6 Å². The minimum atomic E-state index is -0.462. The fourth-order valence-electron chi connectivity index (χ4n) is 1.62. The van der Waals surface area contributed by atoms with Crippen molar-refractivity contribution in [2.75, 3.05) is 13.2 Å². The van der Waals surface area contributed by atoms with E-state index in [1.54, 1.807) is 0 Å². The Balaban J connectivity index is 2.31. The molecule has 0 radical (unpaired) electrons. The van der Waals surface area contributed by atoms with Crippen molar-refractivity contribution in [1.82, 2.24) is 5.32 Å². The minimum Gasteiger partial charge on any atom is -0.444 e. The van der Waals surface area contributed by atoms with E-state index in [-0.39, 0.29) is 12.7 Å². The van der Waals surface area contributed by atoms with Gasteiger partial charge < -0.3 is 15.2 Å². The van der Waals surface area contributed by atoms with Crippen molar-refractivity contribution >= 4 is 6.09 Å². The van der Waals surface area contributed by atoms with Gasteiger partial charge in [0.1, 0.15) is 5.60 Å². The monoisotopic (exact) mass is 265 g/mol. The lowest BCUT2D eigenvalue weighted by atomic mass is 10.1. The molecule has 0 aliphatic heterocycles. The number of alkyl carbamates (subject to hydrolysis) is 1. The Kier molecular flexibility index (Phi) is 5.83. The molecule has 1 rings (SSSR count). The maximum atomic E-state index is 11.4. The van der Waals surface area contributed by atoms with E-state index in [1.165, 1.54) is 0 Å². The number of hydrogen-bond acceptors (Lipinski definition) is 3. The number of rotatable bonds is 5. The molecule has 0 aromatic heterocycles. The third-order valence-corrected chi connectivity index (χ3v) is 2.51. The molecule has 4 heteroatoms. The summed E-state index contributed by atoms with van der Waals surface area (Å²) in [7, 11) is 0. The summed E-state index contributed by atoms with van der Waals surface area (Å²) in [6.07, 6.45) is 1.05. The van der Waals surface area contributed by atoms with Crippen molar-refractivity contribution in [2.45, 2.75) is 39.2 Å². The highest BCUT2D eigenvalue weighted by Crippen LogP contribution is 2.07. The molecule has 2 N–H and O–H groups in total. The number of amides is 1. The summed E-state index contributed by atoms with van der Waals surface area (Å²) in [5.74, 6) is 0. The normalized spacial score (nSPS) is 11.2. The second kappa shape index (κ2) is 7.14. The Morgan fingerprint density at radius 3 is 2.16 bits per heavy atom. The van der Waals surface area contributed by atoms with Crippen LogP contribution in [0.1, 0.15) is 31.9 Å². The van der Waals surface area contributed by atoms with Crippen molar-refractivity contribution in [3.05, 3.63) is 35.4 Å². The van der Waals surface area contributed by atoms with Crippen LogP contribution >= 0.6 is 0 Å². The van der Waals surface area contributed by atoms with Gasteiger partial charge in [-0.25, -0.2) is 4.79 Å². The molecule has 0 bridgehead atoms. The molecule has 1 aromatic carbocycles. The lowest BCUT2D eigenvalue weighted by Crippen LogP contribution is -2.33. The van der Waals surface area contributed by atoms with Gasteiger partial charge in [-0.3, -0.25) is 0 Å². The van der Waals surface area contributed by atoms with Crippen LogP contribution in [-0.4, -0.2) is 30.0 Å². The van der Waals surface area contributed by atoms with E-state index in [9.17, 15) is 4.79 Å². The SMILES string of the molecule is CC(C)(C)OC(=O)NCCc1ccc(CCO)cc1. The molecule has 0 unspecified atom stereocenters. The van der Waals surface area contributed by atoms with Crippen LogP contribution in [0.5, 0.6) is 0 Å². The molecule has 1 amide bonds. The second-order valence-corrected chi connectivity index (χ2v) is 5.47. The standard InChI is InChI=1S/C15H23NO3/c1-15(2,3)19-14(18)16-10-8-12-4-6-13(7-5-12)9-11-17/h4-7,17H,8-11H2,1-3H3,(H,16,18). The molecule has 1 aromatic rings. The van der Waals surface area contributed by atoms with E-state index in [2.05, 4.69) is 5.32 Å². The fourth-order valence-corrected chi connectivity index (χ4v) is 1.62. The van der Waals surface area contributed by atoms with E-state index >= 15 is 0 Å². The average molecular weight is 265 g/mol. The summed E-state index contributed by atoms with van der Waals surface area (Å²) >= 11 is 0. The molecule has 4 nitrogen and oxygen atoms in total.